The van der Waals surface area contributed by atoms with Crippen molar-refractivity contribution in [2.75, 3.05) is 5.32 Å². The van der Waals surface area contributed by atoms with E-state index in [1.807, 2.05) is 31.2 Å². The normalized spacial score (nSPS) is 10.7. The van der Waals surface area contributed by atoms with Crippen LogP contribution in [0.25, 0.3) is 17.3 Å². The van der Waals surface area contributed by atoms with Gasteiger partial charge in [0.2, 0.25) is 5.82 Å². The summed E-state index contributed by atoms with van der Waals surface area (Å²) in [6, 6.07) is 17.0. The Kier molecular flexibility index (Phi) is 4.25. The number of benzene rings is 2. The van der Waals surface area contributed by atoms with E-state index >= 15 is 0 Å². The highest BCUT2D eigenvalue weighted by Gasteiger charge is 2.21. The van der Waals surface area contributed by atoms with Gasteiger partial charge in [-0.3, -0.25) is 4.79 Å². The third-order valence-electron chi connectivity index (χ3n) is 3.92. The van der Waals surface area contributed by atoms with Crippen LogP contribution in [0.2, 0.25) is 0 Å². The van der Waals surface area contributed by atoms with Crippen LogP contribution in [0.3, 0.4) is 0 Å². The van der Waals surface area contributed by atoms with Crippen LogP contribution in [0.1, 0.15) is 16.2 Å². The maximum absolute atomic E-state index is 13.8. The fourth-order valence-corrected chi connectivity index (χ4v) is 2.65. The summed E-state index contributed by atoms with van der Waals surface area (Å²) >= 11 is 0. The van der Waals surface area contributed by atoms with Gasteiger partial charge < -0.3 is 9.73 Å². The molecule has 0 saturated heterocycles. The molecule has 0 unspecified atom stereocenters. The van der Waals surface area contributed by atoms with Crippen LogP contribution in [-0.2, 0) is 0 Å². The van der Waals surface area contributed by atoms with Gasteiger partial charge in [-0.15, -0.1) is 5.10 Å². The number of furan rings is 1. The van der Waals surface area contributed by atoms with Gasteiger partial charge in [-0.2, -0.15) is 4.98 Å². The zero-order chi connectivity index (χ0) is 18.8. The van der Waals surface area contributed by atoms with Gasteiger partial charge in [-0.25, -0.2) is 9.07 Å². The average molecular weight is 362 g/mol. The highest BCUT2D eigenvalue weighted by molar-refractivity contribution is 6.01. The minimum atomic E-state index is -0.612. The predicted octanol–water partition coefficient (Wildman–Crippen LogP) is 4.23. The molecule has 2 aromatic carbocycles. The molecule has 2 aromatic heterocycles. The zero-order valence-electron chi connectivity index (χ0n) is 14.4. The molecule has 2 heterocycles. The van der Waals surface area contributed by atoms with E-state index in [1.165, 1.54) is 23.1 Å². The monoisotopic (exact) mass is 362 g/mol. The van der Waals surface area contributed by atoms with E-state index in [0.29, 0.717) is 11.6 Å². The number of para-hydroxylation sites is 1. The molecule has 0 spiro atoms. The molecule has 27 heavy (non-hydrogen) atoms. The van der Waals surface area contributed by atoms with E-state index in [1.54, 1.807) is 24.3 Å². The van der Waals surface area contributed by atoms with Crippen molar-refractivity contribution in [1.29, 1.82) is 0 Å². The molecule has 0 aliphatic heterocycles. The van der Waals surface area contributed by atoms with Gasteiger partial charge >= 0.3 is 0 Å². The molecule has 0 bridgehead atoms. The van der Waals surface area contributed by atoms with Crippen molar-refractivity contribution in [2.24, 2.45) is 0 Å². The number of anilines is 1. The van der Waals surface area contributed by atoms with Gasteiger partial charge in [-0.05, 0) is 48.9 Å². The topological polar surface area (TPSA) is 73.0 Å². The van der Waals surface area contributed by atoms with E-state index in [9.17, 15) is 9.18 Å². The molecule has 0 fully saturated rings. The van der Waals surface area contributed by atoms with Crippen molar-refractivity contribution in [3.63, 3.8) is 0 Å². The minimum Gasteiger partial charge on any atom is -0.461 e. The average Bonchev–Trinajstić information content (AvgIpc) is 3.33. The first-order valence-corrected chi connectivity index (χ1v) is 8.26. The van der Waals surface area contributed by atoms with Gasteiger partial charge in [-0.1, -0.05) is 24.3 Å². The fraction of sp³-hybridized carbons (Fsp3) is 0.0500. The van der Waals surface area contributed by atoms with Gasteiger partial charge in [0.15, 0.2) is 11.6 Å². The van der Waals surface area contributed by atoms with Gasteiger partial charge in [0.05, 0.1) is 17.6 Å². The minimum absolute atomic E-state index is 0.0638. The quantitative estimate of drug-likeness (QED) is 0.590. The lowest BCUT2D eigenvalue weighted by molar-refractivity contribution is 0.101. The molecular weight excluding hydrogens is 347 g/mol. The molecule has 4 rings (SSSR count). The van der Waals surface area contributed by atoms with Crippen molar-refractivity contribution in [3.8, 4) is 17.3 Å². The van der Waals surface area contributed by atoms with Crippen LogP contribution in [0.15, 0.2) is 71.3 Å². The van der Waals surface area contributed by atoms with Crippen LogP contribution < -0.4 is 5.32 Å². The van der Waals surface area contributed by atoms with Crippen molar-refractivity contribution >= 4 is 11.6 Å². The molecule has 0 saturated carbocycles. The van der Waals surface area contributed by atoms with Crippen molar-refractivity contribution in [3.05, 3.63) is 84.1 Å². The Hall–Kier alpha value is -3.74. The summed E-state index contributed by atoms with van der Waals surface area (Å²) in [6.07, 6.45) is 1.52. The van der Waals surface area contributed by atoms with E-state index < -0.39 is 11.7 Å². The second kappa shape index (κ2) is 6.87. The molecule has 4 aromatic rings. The zero-order valence-corrected chi connectivity index (χ0v) is 14.4. The number of carbonyl (C=O) groups is 1. The number of nitrogens with one attached hydrogen (secondary N) is 1. The molecule has 6 nitrogen and oxygen atoms in total. The Balaban J connectivity index is 1.75. The molecule has 0 aliphatic carbocycles. The van der Waals surface area contributed by atoms with Crippen LogP contribution in [0.5, 0.6) is 0 Å². The molecule has 0 radical (unpaired) electrons. The summed E-state index contributed by atoms with van der Waals surface area (Å²) in [6.45, 7) is 1.96. The lowest BCUT2D eigenvalue weighted by Crippen LogP contribution is -2.15. The number of hydrogen-bond acceptors (Lipinski definition) is 4. The van der Waals surface area contributed by atoms with E-state index in [0.717, 1.165) is 11.3 Å². The third-order valence-corrected chi connectivity index (χ3v) is 3.92. The molecule has 0 atom stereocenters. The smallest absolute Gasteiger partial charge is 0.295 e. The van der Waals surface area contributed by atoms with Gasteiger partial charge in [0.25, 0.3) is 5.91 Å². The van der Waals surface area contributed by atoms with Gasteiger partial charge in [0.1, 0.15) is 5.82 Å². The molecular formula is C20H15FN4O2. The van der Waals surface area contributed by atoms with E-state index in [2.05, 4.69) is 15.4 Å². The Morgan fingerprint density at radius 2 is 1.96 bits per heavy atom. The third kappa shape index (κ3) is 3.35. The van der Waals surface area contributed by atoms with Gasteiger partial charge in [0, 0.05) is 0 Å². The van der Waals surface area contributed by atoms with Crippen molar-refractivity contribution in [2.45, 2.75) is 6.92 Å². The highest BCUT2D eigenvalue weighted by Crippen LogP contribution is 2.23. The second-order valence-corrected chi connectivity index (χ2v) is 5.92. The maximum atomic E-state index is 13.8. The summed E-state index contributed by atoms with van der Waals surface area (Å²) in [5.74, 6) is -0.390. The Labute approximate surface area is 154 Å². The summed E-state index contributed by atoms with van der Waals surface area (Å²) in [5, 5.41) is 6.81. The number of amides is 1. The largest absolute Gasteiger partial charge is 0.461 e. The maximum Gasteiger partial charge on any atom is 0.295 e. The number of aromatic nitrogens is 3. The fourth-order valence-electron chi connectivity index (χ4n) is 2.65. The number of nitrogens with zero attached hydrogens (tertiary/aromatic N) is 3. The number of hydrogen-bond donors (Lipinski definition) is 1. The molecule has 7 heteroatoms. The van der Waals surface area contributed by atoms with E-state index in [4.69, 9.17) is 4.42 Å². The summed E-state index contributed by atoms with van der Waals surface area (Å²) in [4.78, 5) is 16.9. The van der Waals surface area contributed by atoms with Crippen LogP contribution >= 0.6 is 0 Å². The lowest BCUT2D eigenvalue weighted by Gasteiger charge is -2.05. The highest BCUT2D eigenvalue weighted by atomic mass is 19.1. The number of halogens is 1. The molecule has 1 N–H and O–H groups in total. The van der Waals surface area contributed by atoms with Crippen molar-refractivity contribution < 1.29 is 13.6 Å². The number of rotatable bonds is 4. The Morgan fingerprint density at radius 1 is 1.11 bits per heavy atom. The van der Waals surface area contributed by atoms with E-state index in [-0.39, 0.29) is 11.5 Å². The SMILES string of the molecule is Cc1cccc(-n2nc(C(=O)Nc3ccccc3F)nc2-c2ccco2)c1. The summed E-state index contributed by atoms with van der Waals surface area (Å²) < 4.78 is 20.8. The summed E-state index contributed by atoms with van der Waals surface area (Å²) in [7, 11) is 0. The standard InChI is InChI=1S/C20H15FN4O2/c1-13-6-4-7-14(12-13)25-19(17-10-5-11-27-17)23-18(24-25)20(26)22-16-9-3-2-8-15(16)21/h2-12H,1H3,(H,22,26). The first-order valence-electron chi connectivity index (χ1n) is 8.26. The lowest BCUT2D eigenvalue weighted by atomic mass is 10.2. The Morgan fingerprint density at radius 3 is 2.70 bits per heavy atom. The van der Waals surface area contributed by atoms with Crippen molar-refractivity contribution in [1.82, 2.24) is 14.8 Å². The number of carbonyl (C=O) groups excluding carboxylic acids is 1. The number of aryl methyl sites for hydroxylation is 1. The van der Waals surface area contributed by atoms with Crippen LogP contribution in [0.4, 0.5) is 10.1 Å². The first-order chi connectivity index (χ1) is 13.1. The van der Waals surface area contributed by atoms with Crippen LogP contribution in [-0.4, -0.2) is 20.7 Å². The predicted molar refractivity (Wildman–Crippen MR) is 98.2 cm³/mol. The second-order valence-electron chi connectivity index (χ2n) is 5.92. The molecule has 134 valence electrons. The van der Waals surface area contributed by atoms with Crippen LogP contribution in [0, 0.1) is 12.7 Å². The Bertz CT molecular complexity index is 1100. The molecule has 0 aliphatic rings. The molecule has 1 amide bonds. The first kappa shape index (κ1) is 16.7. The summed E-state index contributed by atoms with van der Waals surface area (Å²) in [5.41, 5.74) is 1.83.